The van der Waals surface area contributed by atoms with Crippen molar-refractivity contribution in [2.75, 3.05) is 35.3 Å². The second-order valence-corrected chi connectivity index (χ2v) is 5.82. The summed E-state index contributed by atoms with van der Waals surface area (Å²) in [6.45, 7) is 2.06. The van der Waals surface area contributed by atoms with Crippen LogP contribution in [-0.4, -0.2) is 53.6 Å². The Morgan fingerprint density at radius 2 is 2.20 bits per heavy atom. The van der Waals surface area contributed by atoms with E-state index in [0.29, 0.717) is 18.3 Å². The van der Waals surface area contributed by atoms with E-state index in [1.54, 1.807) is 30.5 Å². The van der Waals surface area contributed by atoms with Gasteiger partial charge in [0.25, 0.3) is 0 Å². The molecule has 2 bridgehead atoms. The predicted molar refractivity (Wildman–Crippen MR) is 94.1 cm³/mol. The molecule has 0 aliphatic carbocycles. The number of nitrogens with one attached hydrogen (secondary N) is 1. The van der Waals surface area contributed by atoms with Crippen molar-refractivity contribution in [2.24, 2.45) is 0 Å². The van der Waals surface area contributed by atoms with Gasteiger partial charge in [0.2, 0.25) is 6.41 Å². The number of carboxylic acids is 1. The summed E-state index contributed by atoms with van der Waals surface area (Å²) in [7, 11) is 1.99. The number of carbonyl (C=O) groups excluding carboxylic acids is 1. The molecule has 8 nitrogen and oxygen atoms in total. The Morgan fingerprint density at radius 1 is 1.36 bits per heavy atom. The van der Waals surface area contributed by atoms with Gasteiger partial charge >= 0.3 is 5.97 Å². The molecule has 1 unspecified atom stereocenters. The van der Waals surface area contributed by atoms with Crippen LogP contribution >= 0.6 is 0 Å². The molecule has 2 aliphatic heterocycles. The Balaban J connectivity index is 0.000000173. The van der Waals surface area contributed by atoms with Crippen LogP contribution in [0.1, 0.15) is 16.9 Å². The molecule has 4 rings (SSSR count). The first-order chi connectivity index (χ1) is 12.1. The van der Waals surface area contributed by atoms with Crippen LogP contribution in [-0.2, 0) is 4.79 Å². The molecule has 1 atom stereocenters. The van der Waals surface area contributed by atoms with E-state index in [9.17, 15) is 9.59 Å². The molecule has 0 aromatic carbocycles. The summed E-state index contributed by atoms with van der Waals surface area (Å²) in [6.07, 6.45) is 3.34. The van der Waals surface area contributed by atoms with Crippen LogP contribution in [0.4, 0.5) is 17.3 Å². The average Bonchev–Trinajstić information content (AvgIpc) is 3.07. The summed E-state index contributed by atoms with van der Waals surface area (Å²) < 4.78 is 0. The highest BCUT2D eigenvalue weighted by atomic mass is 16.4. The lowest BCUT2D eigenvalue weighted by molar-refractivity contribution is -0.105. The number of nitrogens with zero attached hydrogens (tertiary/aromatic N) is 4. The summed E-state index contributed by atoms with van der Waals surface area (Å²) >= 11 is 0. The van der Waals surface area contributed by atoms with Crippen molar-refractivity contribution in [3.63, 3.8) is 0 Å². The molecule has 1 fully saturated rings. The minimum Gasteiger partial charge on any atom is -0.477 e. The topological polar surface area (TPSA) is 98.7 Å². The molecule has 0 spiro atoms. The Kier molecular flexibility index (Phi) is 4.78. The van der Waals surface area contributed by atoms with Gasteiger partial charge in [-0.2, -0.15) is 0 Å². The highest BCUT2D eigenvalue weighted by Crippen LogP contribution is 2.37. The monoisotopic (exact) mass is 341 g/mol. The van der Waals surface area contributed by atoms with Crippen LogP contribution in [0.2, 0.25) is 0 Å². The van der Waals surface area contributed by atoms with Crippen molar-refractivity contribution in [1.29, 1.82) is 0 Å². The van der Waals surface area contributed by atoms with Gasteiger partial charge in [-0.05, 0) is 30.7 Å². The van der Waals surface area contributed by atoms with Crippen LogP contribution in [0, 0.1) is 0 Å². The zero-order valence-electron chi connectivity index (χ0n) is 13.8. The van der Waals surface area contributed by atoms with Gasteiger partial charge < -0.3 is 20.2 Å². The molecule has 2 aromatic rings. The van der Waals surface area contributed by atoms with Crippen molar-refractivity contribution >= 4 is 29.7 Å². The predicted octanol–water partition coefficient (Wildman–Crippen LogP) is 1.46. The van der Waals surface area contributed by atoms with Crippen LogP contribution in [0.5, 0.6) is 0 Å². The summed E-state index contributed by atoms with van der Waals surface area (Å²) in [4.78, 5) is 33.1. The van der Waals surface area contributed by atoms with Gasteiger partial charge in [-0.1, -0.05) is 6.07 Å². The summed E-state index contributed by atoms with van der Waals surface area (Å²) in [5, 5.41) is 11.3. The lowest BCUT2D eigenvalue weighted by atomic mass is 10.2. The number of likely N-dealkylation sites (N-methyl/N-ethyl adjacent to an activating group) is 1. The van der Waals surface area contributed by atoms with Crippen molar-refractivity contribution in [1.82, 2.24) is 9.97 Å². The third-order valence-corrected chi connectivity index (χ3v) is 4.33. The third-order valence-electron chi connectivity index (χ3n) is 4.33. The number of carbonyl (C=O) groups is 2. The Bertz CT molecular complexity index is 768. The fourth-order valence-electron chi connectivity index (χ4n) is 3.02. The summed E-state index contributed by atoms with van der Waals surface area (Å²) in [5.41, 5.74) is 1.18. The van der Waals surface area contributed by atoms with Crippen LogP contribution in [0.15, 0.2) is 36.5 Å². The van der Waals surface area contributed by atoms with E-state index in [0.717, 1.165) is 31.0 Å². The zero-order valence-corrected chi connectivity index (χ0v) is 13.8. The van der Waals surface area contributed by atoms with Crippen LogP contribution in [0.3, 0.4) is 0 Å². The van der Waals surface area contributed by atoms with Gasteiger partial charge in [-0.3, -0.25) is 4.79 Å². The van der Waals surface area contributed by atoms with E-state index in [-0.39, 0.29) is 5.69 Å². The first-order valence-corrected chi connectivity index (χ1v) is 7.93. The Hall–Kier alpha value is -3.16. The number of aromatic nitrogens is 2. The van der Waals surface area contributed by atoms with Crippen LogP contribution in [0.25, 0.3) is 0 Å². The molecule has 1 saturated heterocycles. The molecule has 2 N–H and O–H groups in total. The van der Waals surface area contributed by atoms with Crippen LogP contribution < -0.4 is 15.1 Å². The van der Waals surface area contributed by atoms with Gasteiger partial charge in [0.15, 0.2) is 11.5 Å². The fraction of sp³-hybridized carbons (Fsp3) is 0.294. The molecule has 0 saturated carbocycles. The quantitative estimate of drug-likeness (QED) is 0.815. The number of fused-ring (bicyclic) bond motifs is 4. The van der Waals surface area contributed by atoms with E-state index in [1.165, 1.54) is 0 Å². The van der Waals surface area contributed by atoms with Gasteiger partial charge in [0.05, 0.1) is 5.69 Å². The number of rotatable bonds is 3. The molecule has 4 heterocycles. The molecular weight excluding hydrogens is 322 g/mol. The number of aromatic carboxylic acids is 1. The first-order valence-electron chi connectivity index (χ1n) is 7.93. The maximum Gasteiger partial charge on any atom is 0.354 e. The highest BCUT2D eigenvalue weighted by molar-refractivity contribution is 5.87. The fourth-order valence-corrected chi connectivity index (χ4v) is 3.02. The van der Waals surface area contributed by atoms with Crippen molar-refractivity contribution in [2.45, 2.75) is 12.5 Å². The Morgan fingerprint density at radius 3 is 2.88 bits per heavy atom. The lowest BCUT2D eigenvalue weighted by Gasteiger charge is -2.34. The summed E-state index contributed by atoms with van der Waals surface area (Å²) in [6, 6.07) is 9.23. The SMILES string of the molecule is CN1c2nc(C(=O)O)ccc2N2CCC1C2.O=CNc1ccccn1. The Labute approximate surface area is 145 Å². The summed E-state index contributed by atoms with van der Waals surface area (Å²) in [5.74, 6) is 0.408. The third kappa shape index (κ3) is 3.52. The normalized spacial score (nSPS) is 17.2. The molecule has 8 heteroatoms. The van der Waals surface area contributed by atoms with Crippen molar-refractivity contribution in [3.05, 3.63) is 42.2 Å². The van der Waals surface area contributed by atoms with Gasteiger partial charge in [-0.25, -0.2) is 14.8 Å². The van der Waals surface area contributed by atoms with Crippen molar-refractivity contribution < 1.29 is 14.7 Å². The number of pyridine rings is 2. The van der Waals surface area contributed by atoms with Crippen molar-refractivity contribution in [3.8, 4) is 0 Å². The minimum absolute atomic E-state index is 0.119. The molecule has 0 radical (unpaired) electrons. The molecule has 130 valence electrons. The molecule has 25 heavy (non-hydrogen) atoms. The average molecular weight is 341 g/mol. The van der Waals surface area contributed by atoms with Gasteiger partial charge in [0, 0.05) is 32.4 Å². The van der Waals surface area contributed by atoms with E-state index in [1.807, 2.05) is 13.1 Å². The van der Waals surface area contributed by atoms with E-state index < -0.39 is 5.97 Å². The second kappa shape index (κ2) is 7.16. The first kappa shape index (κ1) is 16.7. The smallest absolute Gasteiger partial charge is 0.354 e. The molecule has 2 aliphatic rings. The number of anilines is 3. The maximum atomic E-state index is 10.9. The zero-order chi connectivity index (χ0) is 17.8. The van der Waals surface area contributed by atoms with E-state index >= 15 is 0 Å². The highest BCUT2D eigenvalue weighted by Gasteiger charge is 2.35. The van der Waals surface area contributed by atoms with E-state index in [4.69, 9.17) is 5.11 Å². The molecule has 2 aromatic heterocycles. The number of hydrogen-bond donors (Lipinski definition) is 2. The van der Waals surface area contributed by atoms with Gasteiger partial charge in [0.1, 0.15) is 5.82 Å². The minimum atomic E-state index is -0.968. The maximum absolute atomic E-state index is 10.9. The number of amides is 1. The largest absolute Gasteiger partial charge is 0.477 e. The lowest BCUT2D eigenvalue weighted by Crippen LogP contribution is -2.40. The van der Waals surface area contributed by atoms with Gasteiger partial charge in [-0.15, -0.1) is 0 Å². The number of hydrogen-bond acceptors (Lipinski definition) is 6. The van der Waals surface area contributed by atoms with E-state index in [2.05, 4.69) is 25.1 Å². The standard InChI is InChI=1S/C11H13N3O2.C6H6N2O/c1-13-7-4-5-14(6-7)9-3-2-8(11(15)16)12-10(9)13;9-5-8-6-3-1-2-4-7-6/h2-3,7H,4-6H2,1H3,(H,15,16);1-5H,(H,7,8,9). The molecular formula is C17H19N5O3. The number of carboxylic acid groups (broad SMARTS) is 1. The molecule has 1 amide bonds. The second-order valence-electron chi connectivity index (χ2n) is 5.82.